The van der Waals surface area contributed by atoms with Gasteiger partial charge in [-0.05, 0) is 24.8 Å². The van der Waals surface area contributed by atoms with Gasteiger partial charge in [0.1, 0.15) is 0 Å². The lowest BCUT2D eigenvalue weighted by Crippen LogP contribution is -2.40. The highest BCUT2D eigenvalue weighted by Gasteiger charge is 2.20. The lowest BCUT2D eigenvalue weighted by atomic mass is 9.90. The second-order valence-electron chi connectivity index (χ2n) is 3.05. The molecule has 0 aromatic heterocycles. The molecule has 1 saturated carbocycles. The van der Waals surface area contributed by atoms with Gasteiger partial charge in [-0.2, -0.15) is 0 Å². The molecule has 1 fully saturated rings. The molecule has 2 heteroatoms. The quantitative estimate of drug-likeness (QED) is 0.529. The summed E-state index contributed by atoms with van der Waals surface area (Å²) in [7, 11) is 0. The van der Waals surface area contributed by atoms with Gasteiger partial charge in [0.05, 0.1) is 6.67 Å². The number of rotatable bonds is 0. The van der Waals surface area contributed by atoms with Crippen LogP contribution in [0.5, 0.6) is 0 Å². The summed E-state index contributed by atoms with van der Waals surface area (Å²) in [6, 6.07) is 0.672. The monoisotopic (exact) mass is 137 g/mol. The molecule has 1 N–H and O–H groups in total. The van der Waals surface area contributed by atoms with Crippen molar-refractivity contribution in [1.29, 1.82) is 0 Å². The van der Waals surface area contributed by atoms with Crippen LogP contribution < -0.4 is 10.6 Å². The molecule has 2 nitrogen and oxygen atoms in total. The highest BCUT2D eigenvalue weighted by atomic mass is 15.1. The summed E-state index contributed by atoms with van der Waals surface area (Å²) in [4.78, 5) is 0. The van der Waals surface area contributed by atoms with Crippen molar-refractivity contribution < 1.29 is 0 Å². The van der Waals surface area contributed by atoms with Crippen molar-refractivity contribution in [2.45, 2.75) is 31.7 Å². The maximum absolute atomic E-state index is 4.19. The number of hydrogen-bond acceptors (Lipinski definition) is 1. The number of nitrogens with one attached hydrogen (secondary N) is 1. The van der Waals surface area contributed by atoms with Crippen LogP contribution >= 0.6 is 0 Å². The fourth-order valence-electron chi connectivity index (χ4n) is 1.75. The maximum atomic E-state index is 4.19. The van der Waals surface area contributed by atoms with Crippen LogP contribution in [0.4, 0.5) is 0 Å². The van der Waals surface area contributed by atoms with E-state index in [0.717, 1.165) is 6.67 Å². The lowest BCUT2D eigenvalue weighted by molar-refractivity contribution is 0.422. The Kier molecular flexibility index (Phi) is 1.63. The molecular weight excluding hydrogens is 124 g/mol. The zero-order chi connectivity index (χ0) is 6.81. The Bertz CT molecular complexity index is 151. The first-order valence-corrected chi connectivity index (χ1v) is 4.06. The van der Waals surface area contributed by atoms with Crippen LogP contribution in [-0.2, 0) is 0 Å². The van der Waals surface area contributed by atoms with E-state index in [9.17, 15) is 0 Å². The fourth-order valence-corrected chi connectivity index (χ4v) is 1.75. The van der Waals surface area contributed by atoms with Gasteiger partial charge in [-0.1, -0.05) is 6.42 Å². The zero-order valence-corrected chi connectivity index (χ0v) is 6.14. The van der Waals surface area contributed by atoms with Gasteiger partial charge < -0.3 is 0 Å². The van der Waals surface area contributed by atoms with E-state index in [1.807, 2.05) is 0 Å². The standard InChI is InChI=1S/C8H13N2/c1-2-4-8-7(3-1)5-9-6-10-8/h5,8,10H,1-4,6H2. The normalized spacial score (nSPS) is 32.0. The fraction of sp³-hybridized carbons (Fsp3) is 0.750. The summed E-state index contributed by atoms with van der Waals surface area (Å²) in [5.41, 5.74) is 1.53. The molecule has 55 valence electrons. The molecule has 1 atom stereocenters. The molecule has 1 aliphatic carbocycles. The zero-order valence-electron chi connectivity index (χ0n) is 6.14. The van der Waals surface area contributed by atoms with Crippen molar-refractivity contribution in [3.05, 3.63) is 11.8 Å². The predicted octanol–water partition coefficient (Wildman–Crippen LogP) is 0.978. The average molecular weight is 137 g/mol. The second-order valence-corrected chi connectivity index (χ2v) is 3.05. The smallest absolute Gasteiger partial charge is 0.0889 e. The summed E-state index contributed by atoms with van der Waals surface area (Å²) in [6.45, 7) is 0.828. The lowest BCUT2D eigenvalue weighted by Gasteiger charge is -2.29. The van der Waals surface area contributed by atoms with Gasteiger partial charge in [0.2, 0.25) is 0 Å². The molecule has 1 heterocycles. The van der Waals surface area contributed by atoms with Crippen molar-refractivity contribution >= 4 is 0 Å². The van der Waals surface area contributed by atoms with Gasteiger partial charge in [-0.15, -0.1) is 0 Å². The average Bonchev–Trinajstić information content (AvgIpc) is 2.05. The van der Waals surface area contributed by atoms with E-state index in [0.29, 0.717) is 6.04 Å². The van der Waals surface area contributed by atoms with Crippen LogP contribution in [0, 0.1) is 0 Å². The summed E-state index contributed by atoms with van der Waals surface area (Å²) in [6.07, 6.45) is 7.40. The SMILES string of the molecule is C1=C2CCCCC2NC[N]1. The molecule has 0 aromatic carbocycles. The molecule has 1 aliphatic heterocycles. The van der Waals surface area contributed by atoms with Crippen LogP contribution in [0.25, 0.3) is 0 Å². The molecule has 0 bridgehead atoms. The first kappa shape index (κ1) is 6.23. The van der Waals surface area contributed by atoms with E-state index in [-0.39, 0.29) is 0 Å². The Labute approximate surface area is 61.7 Å². The summed E-state index contributed by atoms with van der Waals surface area (Å²) in [5, 5.41) is 7.57. The molecule has 1 unspecified atom stereocenters. The minimum absolute atomic E-state index is 0.672. The Morgan fingerprint density at radius 1 is 1.50 bits per heavy atom. The van der Waals surface area contributed by atoms with E-state index in [4.69, 9.17) is 0 Å². The number of hydrogen-bond donors (Lipinski definition) is 1. The third kappa shape index (κ3) is 1.03. The summed E-state index contributed by atoms with van der Waals surface area (Å²) < 4.78 is 0. The molecule has 10 heavy (non-hydrogen) atoms. The van der Waals surface area contributed by atoms with Gasteiger partial charge in [-0.3, -0.25) is 10.6 Å². The van der Waals surface area contributed by atoms with Crippen LogP contribution in [0.3, 0.4) is 0 Å². The third-order valence-electron chi connectivity index (χ3n) is 2.34. The van der Waals surface area contributed by atoms with Crippen LogP contribution in [0.1, 0.15) is 25.7 Å². The van der Waals surface area contributed by atoms with E-state index < -0.39 is 0 Å². The summed E-state index contributed by atoms with van der Waals surface area (Å²) >= 11 is 0. The van der Waals surface area contributed by atoms with Crippen LogP contribution in [0.2, 0.25) is 0 Å². The van der Waals surface area contributed by atoms with Crippen molar-refractivity contribution in [1.82, 2.24) is 10.6 Å². The van der Waals surface area contributed by atoms with E-state index in [1.54, 1.807) is 0 Å². The number of fused-ring (bicyclic) bond motifs is 1. The van der Waals surface area contributed by atoms with Gasteiger partial charge in [0.25, 0.3) is 0 Å². The van der Waals surface area contributed by atoms with Crippen molar-refractivity contribution in [2.75, 3.05) is 6.67 Å². The third-order valence-corrected chi connectivity index (χ3v) is 2.34. The highest BCUT2D eigenvalue weighted by Crippen LogP contribution is 2.24. The van der Waals surface area contributed by atoms with Gasteiger partial charge in [-0.25, -0.2) is 0 Å². The van der Waals surface area contributed by atoms with Crippen molar-refractivity contribution in [3.63, 3.8) is 0 Å². The van der Waals surface area contributed by atoms with Crippen molar-refractivity contribution in [2.24, 2.45) is 0 Å². The molecule has 0 aromatic rings. The van der Waals surface area contributed by atoms with E-state index in [1.165, 1.54) is 31.3 Å². The molecule has 2 aliphatic rings. The molecule has 1 radical (unpaired) electrons. The molecule has 0 spiro atoms. The van der Waals surface area contributed by atoms with E-state index in [2.05, 4.69) is 16.8 Å². The Morgan fingerprint density at radius 2 is 2.50 bits per heavy atom. The summed E-state index contributed by atoms with van der Waals surface area (Å²) in [5.74, 6) is 0. The van der Waals surface area contributed by atoms with Gasteiger partial charge in [0, 0.05) is 12.2 Å². The van der Waals surface area contributed by atoms with Crippen LogP contribution in [-0.4, -0.2) is 12.7 Å². The minimum atomic E-state index is 0.672. The largest absolute Gasteiger partial charge is 0.292 e. The predicted molar refractivity (Wildman–Crippen MR) is 40.5 cm³/mol. The van der Waals surface area contributed by atoms with Crippen LogP contribution in [0.15, 0.2) is 11.8 Å². The molecule has 0 saturated heterocycles. The minimum Gasteiger partial charge on any atom is -0.292 e. The van der Waals surface area contributed by atoms with Crippen molar-refractivity contribution in [3.8, 4) is 0 Å². The Balaban J connectivity index is 2.08. The highest BCUT2D eigenvalue weighted by molar-refractivity contribution is 5.14. The Morgan fingerprint density at radius 3 is 3.40 bits per heavy atom. The van der Waals surface area contributed by atoms with E-state index >= 15 is 0 Å². The Hall–Kier alpha value is -0.500. The maximum Gasteiger partial charge on any atom is 0.0889 e. The first-order chi connectivity index (χ1) is 4.97. The van der Waals surface area contributed by atoms with Gasteiger partial charge >= 0.3 is 0 Å². The second kappa shape index (κ2) is 2.62. The molecular formula is C8H13N2. The first-order valence-electron chi connectivity index (χ1n) is 4.06. The topological polar surface area (TPSA) is 26.1 Å². The molecule has 0 amide bonds. The van der Waals surface area contributed by atoms with Gasteiger partial charge in [0.15, 0.2) is 0 Å². The number of nitrogens with zero attached hydrogens (tertiary/aromatic N) is 1. The molecule has 2 rings (SSSR count).